The Bertz CT molecular complexity index is 974. The number of halogens is 1. The van der Waals surface area contributed by atoms with E-state index < -0.39 is 6.10 Å². The van der Waals surface area contributed by atoms with Crippen LogP contribution < -0.4 is 15.4 Å². The van der Waals surface area contributed by atoms with Gasteiger partial charge in [-0.1, -0.05) is 42.5 Å². The Morgan fingerprint density at radius 3 is 2.48 bits per heavy atom. The van der Waals surface area contributed by atoms with Crippen LogP contribution in [0.1, 0.15) is 43.8 Å². The lowest BCUT2D eigenvalue weighted by Crippen LogP contribution is -2.39. The fraction of sp³-hybridized carbons (Fsp3) is 0.360. The third kappa shape index (κ3) is 8.70. The zero-order valence-corrected chi connectivity index (χ0v) is 21.8. The Morgan fingerprint density at radius 2 is 1.82 bits per heavy atom. The molecule has 178 valence electrons. The van der Waals surface area contributed by atoms with Gasteiger partial charge in [0.15, 0.2) is 5.96 Å². The summed E-state index contributed by atoms with van der Waals surface area (Å²) in [7, 11) is 0. The van der Waals surface area contributed by atoms with Gasteiger partial charge in [-0.3, -0.25) is 0 Å². The molecule has 0 fully saturated rings. The normalized spacial score (nSPS) is 12.2. The molecule has 2 aromatic carbocycles. The maximum Gasteiger partial charge on any atom is 0.191 e. The lowest BCUT2D eigenvalue weighted by atomic mass is 10.1. The van der Waals surface area contributed by atoms with Gasteiger partial charge in [-0.05, 0) is 44.0 Å². The summed E-state index contributed by atoms with van der Waals surface area (Å²) in [5.41, 5.74) is 2.04. The molecule has 3 aromatic rings. The second-order valence-electron chi connectivity index (χ2n) is 7.78. The molecule has 0 aliphatic rings. The van der Waals surface area contributed by atoms with E-state index in [2.05, 4.69) is 37.3 Å². The van der Waals surface area contributed by atoms with Gasteiger partial charge in [-0.25, -0.2) is 9.98 Å². The smallest absolute Gasteiger partial charge is 0.191 e. The van der Waals surface area contributed by atoms with Crippen molar-refractivity contribution < 1.29 is 9.84 Å². The number of benzene rings is 2. The van der Waals surface area contributed by atoms with Crippen molar-refractivity contribution in [2.75, 3.05) is 13.1 Å². The van der Waals surface area contributed by atoms with Crippen LogP contribution in [0.3, 0.4) is 0 Å². The average Bonchev–Trinajstić information content (AvgIpc) is 3.23. The van der Waals surface area contributed by atoms with Crippen LogP contribution in [-0.4, -0.2) is 39.8 Å². The number of aromatic nitrogens is 2. The summed E-state index contributed by atoms with van der Waals surface area (Å²) in [4.78, 5) is 9.11. The number of aliphatic hydroxyl groups excluding tert-OH is 1. The van der Waals surface area contributed by atoms with Crippen molar-refractivity contribution in [1.29, 1.82) is 0 Å². The molecule has 33 heavy (non-hydrogen) atoms. The summed E-state index contributed by atoms with van der Waals surface area (Å²) in [6.07, 6.45) is 3.22. The molecule has 0 aliphatic carbocycles. The number of hydrogen-bond donors (Lipinski definition) is 3. The maximum absolute atomic E-state index is 10.6. The Labute approximate surface area is 213 Å². The van der Waals surface area contributed by atoms with Crippen LogP contribution in [0, 0.1) is 0 Å². The largest absolute Gasteiger partial charge is 0.491 e. The van der Waals surface area contributed by atoms with Gasteiger partial charge in [0, 0.05) is 32.0 Å². The second kappa shape index (κ2) is 13.8. The minimum absolute atomic E-state index is 0. The lowest BCUT2D eigenvalue weighted by Gasteiger charge is -2.16. The zero-order chi connectivity index (χ0) is 22.8. The maximum atomic E-state index is 10.6. The van der Waals surface area contributed by atoms with Gasteiger partial charge >= 0.3 is 0 Å². The van der Waals surface area contributed by atoms with Crippen molar-refractivity contribution >= 4 is 29.9 Å². The minimum Gasteiger partial charge on any atom is -0.491 e. The van der Waals surface area contributed by atoms with Crippen molar-refractivity contribution in [3.8, 4) is 5.75 Å². The van der Waals surface area contributed by atoms with Crippen LogP contribution in [-0.2, 0) is 13.1 Å². The summed E-state index contributed by atoms with van der Waals surface area (Å²) >= 11 is 0. The molecule has 3 N–H and O–H groups in total. The van der Waals surface area contributed by atoms with E-state index >= 15 is 0 Å². The van der Waals surface area contributed by atoms with Crippen LogP contribution in [0.25, 0.3) is 0 Å². The van der Waals surface area contributed by atoms with E-state index in [1.807, 2.05) is 69.4 Å². The fourth-order valence-electron chi connectivity index (χ4n) is 3.26. The molecular weight excluding hydrogens is 529 g/mol. The molecular formula is C25H34IN5O2. The zero-order valence-electron chi connectivity index (χ0n) is 19.4. The fourth-order valence-corrected chi connectivity index (χ4v) is 3.26. The molecule has 0 aliphatic heterocycles. The van der Waals surface area contributed by atoms with E-state index in [4.69, 9.17) is 4.74 Å². The lowest BCUT2D eigenvalue weighted by molar-refractivity contribution is 0.180. The van der Waals surface area contributed by atoms with Crippen molar-refractivity contribution in [3.05, 3.63) is 83.9 Å². The number of aliphatic imine (C=N–C) groups is 1. The first-order valence-corrected chi connectivity index (χ1v) is 11.1. The number of guanidine groups is 1. The van der Waals surface area contributed by atoms with Crippen molar-refractivity contribution in [2.24, 2.45) is 4.99 Å². The molecule has 1 aromatic heterocycles. The highest BCUT2D eigenvalue weighted by Crippen LogP contribution is 2.18. The highest BCUT2D eigenvalue weighted by atomic mass is 127. The van der Waals surface area contributed by atoms with E-state index in [0.29, 0.717) is 19.0 Å². The van der Waals surface area contributed by atoms with Crippen LogP contribution in [0.4, 0.5) is 0 Å². The van der Waals surface area contributed by atoms with Crippen molar-refractivity contribution in [3.63, 3.8) is 0 Å². The van der Waals surface area contributed by atoms with E-state index in [1.54, 1.807) is 6.20 Å². The Kier molecular flexibility index (Phi) is 11.2. The SMILES string of the molecule is CCNC(=NCc1nccn1Cc1ccccc1)NCC(O)c1ccc(OC(C)C)cc1.I. The summed E-state index contributed by atoms with van der Waals surface area (Å²) < 4.78 is 7.75. The molecule has 3 rings (SSSR count). The highest BCUT2D eigenvalue weighted by molar-refractivity contribution is 14.0. The van der Waals surface area contributed by atoms with Crippen molar-refractivity contribution in [1.82, 2.24) is 20.2 Å². The first-order chi connectivity index (χ1) is 15.5. The van der Waals surface area contributed by atoms with Gasteiger partial charge in [0.05, 0.1) is 12.2 Å². The first kappa shape index (κ1) is 26.7. The van der Waals surface area contributed by atoms with Crippen LogP contribution in [0.2, 0.25) is 0 Å². The summed E-state index contributed by atoms with van der Waals surface area (Å²) in [6, 6.07) is 17.8. The van der Waals surface area contributed by atoms with Gasteiger partial charge in [0.25, 0.3) is 0 Å². The third-order valence-corrected chi connectivity index (χ3v) is 4.82. The molecule has 1 heterocycles. The number of hydrogen-bond acceptors (Lipinski definition) is 4. The summed E-state index contributed by atoms with van der Waals surface area (Å²) in [5.74, 6) is 2.32. The highest BCUT2D eigenvalue weighted by Gasteiger charge is 2.10. The van der Waals surface area contributed by atoms with E-state index in [9.17, 15) is 5.11 Å². The molecule has 0 saturated carbocycles. The Balaban J connectivity index is 0.00000385. The first-order valence-electron chi connectivity index (χ1n) is 11.1. The third-order valence-electron chi connectivity index (χ3n) is 4.82. The quantitative estimate of drug-likeness (QED) is 0.196. The van der Waals surface area contributed by atoms with Gasteiger partial charge < -0.3 is 25.0 Å². The number of aliphatic hydroxyl groups is 1. The number of nitrogens with one attached hydrogen (secondary N) is 2. The van der Waals surface area contributed by atoms with Gasteiger partial charge in [-0.2, -0.15) is 0 Å². The van der Waals surface area contributed by atoms with Crippen LogP contribution in [0.5, 0.6) is 5.75 Å². The summed E-state index contributed by atoms with van der Waals surface area (Å²) in [5, 5.41) is 17.0. The molecule has 0 radical (unpaired) electrons. The molecule has 0 spiro atoms. The molecule has 7 nitrogen and oxygen atoms in total. The van der Waals surface area contributed by atoms with Crippen LogP contribution >= 0.6 is 24.0 Å². The molecule has 1 unspecified atom stereocenters. The van der Waals surface area contributed by atoms with Crippen molar-refractivity contribution in [2.45, 2.75) is 46.1 Å². The van der Waals surface area contributed by atoms with E-state index in [0.717, 1.165) is 30.2 Å². The van der Waals surface area contributed by atoms with E-state index in [1.165, 1.54) is 5.56 Å². The molecule has 0 amide bonds. The number of rotatable bonds is 10. The summed E-state index contributed by atoms with van der Waals surface area (Å²) in [6.45, 7) is 8.25. The van der Waals surface area contributed by atoms with Gasteiger partial charge in [-0.15, -0.1) is 24.0 Å². The topological polar surface area (TPSA) is 83.7 Å². The predicted octanol–water partition coefficient (Wildman–Crippen LogP) is 4.13. The van der Waals surface area contributed by atoms with Crippen LogP contribution in [0.15, 0.2) is 72.0 Å². The molecule has 0 saturated heterocycles. The average molecular weight is 563 g/mol. The Hall–Kier alpha value is -2.59. The molecule has 8 heteroatoms. The standard InChI is InChI=1S/C25H33N5O2.HI/c1-4-26-25(28-16-23(31)21-10-12-22(13-11-21)32-19(2)3)29-17-24-27-14-15-30(24)18-20-8-6-5-7-9-20;/h5-15,19,23,31H,4,16-18H2,1-3H3,(H2,26,28,29);1H. The predicted molar refractivity (Wildman–Crippen MR) is 143 cm³/mol. The van der Waals surface area contributed by atoms with Gasteiger partial charge in [0.2, 0.25) is 0 Å². The monoisotopic (exact) mass is 563 g/mol. The molecule has 0 bridgehead atoms. The number of imidazole rings is 1. The second-order valence-corrected chi connectivity index (χ2v) is 7.78. The van der Waals surface area contributed by atoms with E-state index in [-0.39, 0.29) is 30.1 Å². The Morgan fingerprint density at radius 1 is 1.09 bits per heavy atom. The minimum atomic E-state index is -0.660. The van der Waals surface area contributed by atoms with Gasteiger partial charge in [0.1, 0.15) is 18.1 Å². The number of nitrogens with zero attached hydrogens (tertiary/aromatic N) is 3. The molecule has 1 atom stereocenters. The number of ether oxygens (including phenoxy) is 1.